The van der Waals surface area contributed by atoms with Crippen molar-refractivity contribution in [1.29, 1.82) is 0 Å². The van der Waals surface area contributed by atoms with Crippen molar-refractivity contribution in [2.45, 2.75) is 0 Å². The van der Waals surface area contributed by atoms with Gasteiger partial charge in [-0.15, -0.1) is 0 Å². The van der Waals surface area contributed by atoms with Crippen LogP contribution in [-0.4, -0.2) is 0 Å². The first kappa shape index (κ1) is 2.58. The number of rotatable bonds is 1. The van der Waals surface area contributed by atoms with Crippen molar-refractivity contribution in [2.75, 3.05) is 0 Å². The molecule has 0 atom stereocenters. The SMILES string of the molecule is C=Cc1c[cH+]1. The average molecular weight is 65.1 g/mol. The molecule has 0 aliphatic heterocycles. The van der Waals surface area contributed by atoms with Crippen LogP contribution in [0.4, 0.5) is 0 Å². The Morgan fingerprint density at radius 3 is 2.60 bits per heavy atom. The van der Waals surface area contributed by atoms with Crippen LogP contribution in [0.25, 0.3) is 6.08 Å². The summed E-state index contributed by atoms with van der Waals surface area (Å²) in [7, 11) is 0. The summed E-state index contributed by atoms with van der Waals surface area (Å²) in [5, 5.41) is 0. The van der Waals surface area contributed by atoms with Crippen LogP contribution in [0.1, 0.15) is 5.56 Å². The summed E-state index contributed by atoms with van der Waals surface area (Å²) in [6.07, 6.45) is 1.83. The van der Waals surface area contributed by atoms with Crippen molar-refractivity contribution >= 4 is 6.08 Å². The highest BCUT2D eigenvalue weighted by Gasteiger charge is 2.00. The van der Waals surface area contributed by atoms with E-state index in [1.165, 1.54) is 5.56 Å². The molecule has 0 heteroatoms. The Labute approximate surface area is 31.4 Å². The van der Waals surface area contributed by atoms with Crippen molar-refractivity contribution in [1.82, 2.24) is 0 Å². The van der Waals surface area contributed by atoms with Crippen LogP contribution in [0.15, 0.2) is 18.7 Å². The van der Waals surface area contributed by atoms with E-state index in [0.29, 0.717) is 0 Å². The summed E-state index contributed by atoms with van der Waals surface area (Å²) in [4.78, 5) is 0. The predicted molar refractivity (Wildman–Crippen MR) is 23.3 cm³/mol. The van der Waals surface area contributed by atoms with E-state index >= 15 is 0 Å². The molecule has 0 saturated heterocycles. The van der Waals surface area contributed by atoms with Gasteiger partial charge in [-0.25, -0.2) is 0 Å². The van der Waals surface area contributed by atoms with Gasteiger partial charge in [-0.2, -0.15) is 0 Å². The number of hydrogen-bond acceptors (Lipinski definition) is 0. The molecule has 24 valence electrons. The normalized spacial score (nSPS) is 8.80. The average Bonchev–Trinajstić information content (AvgIpc) is 2.12. The number of hydrogen-bond donors (Lipinski definition) is 0. The van der Waals surface area contributed by atoms with Crippen LogP contribution in [0.5, 0.6) is 0 Å². The Hall–Kier alpha value is -0.650. The molecule has 0 aliphatic carbocycles. The molecular formula is C5H5+. The molecule has 0 fully saturated rings. The molecule has 0 aliphatic rings. The Morgan fingerprint density at radius 2 is 2.60 bits per heavy atom. The van der Waals surface area contributed by atoms with Gasteiger partial charge in [-0.1, -0.05) is 0 Å². The summed E-state index contributed by atoms with van der Waals surface area (Å²) >= 11 is 0. The highest BCUT2D eigenvalue weighted by Crippen LogP contribution is 2.04. The van der Waals surface area contributed by atoms with Crippen LogP contribution >= 0.6 is 0 Å². The molecule has 1 aromatic rings. The van der Waals surface area contributed by atoms with E-state index in [0.717, 1.165) is 0 Å². The molecule has 1 rings (SSSR count). The Balaban J connectivity index is 2.64. The maximum atomic E-state index is 3.52. The minimum atomic E-state index is 1.27. The van der Waals surface area contributed by atoms with E-state index in [-0.39, 0.29) is 0 Å². The zero-order valence-electron chi connectivity index (χ0n) is 2.94. The lowest BCUT2D eigenvalue weighted by atomic mass is 10.5. The van der Waals surface area contributed by atoms with E-state index in [1.807, 2.05) is 18.2 Å². The molecule has 0 unspecified atom stereocenters. The summed E-state index contributed by atoms with van der Waals surface area (Å²) in [5.74, 6) is 0. The van der Waals surface area contributed by atoms with Crippen LogP contribution in [0.3, 0.4) is 0 Å². The highest BCUT2D eigenvalue weighted by molar-refractivity contribution is 5.52. The smallest absolute Gasteiger partial charge is 0.0456 e. The lowest BCUT2D eigenvalue weighted by molar-refractivity contribution is 2.23. The van der Waals surface area contributed by atoms with E-state index in [9.17, 15) is 0 Å². The third-order valence-electron chi connectivity index (χ3n) is 0.595. The van der Waals surface area contributed by atoms with Gasteiger partial charge >= 0.3 is 0 Å². The third-order valence-corrected chi connectivity index (χ3v) is 0.595. The van der Waals surface area contributed by atoms with Gasteiger partial charge in [-0.3, -0.25) is 0 Å². The fraction of sp³-hybridized carbons (Fsp3) is 0. The molecule has 0 nitrogen and oxygen atoms in total. The molecule has 0 bridgehead atoms. The van der Waals surface area contributed by atoms with Gasteiger partial charge in [0.25, 0.3) is 0 Å². The Morgan fingerprint density at radius 1 is 2.00 bits per heavy atom. The van der Waals surface area contributed by atoms with E-state index < -0.39 is 0 Å². The molecule has 0 heterocycles. The van der Waals surface area contributed by atoms with Gasteiger partial charge in [0.05, 0.1) is 6.08 Å². The van der Waals surface area contributed by atoms with E-state index in [2.05, 4.69) is 6.58 Å². The minimum Gasteiger partial charge on any atom is -0.0456 e. The summed E-state index contributed by atoms with van der Waals surface area (Å²) < 4.78 is 0. The Bertz CT molecular complexity index is 87.0. The fourth-order valence-electron chi connectivity index (χ4n) is 0.184. The van der Waals surface area contributed by atoms with Crippen LogP contribution in [-0.2, 0) is 0 Å². The minimum absolute atomic E-state index is 1.27. The van der Waals surface area contributed by atoms with Gasteiger partial charge in [0, 0.05) is 0 Å². The van der Waals surface area contributed by atoms with Crippen molar-refractivity contribution in [3.8, 4) is 0 Å². The largest absolute Gasteiger partial charge is 0.172 e. The zero-order chi connectivity index (χ0) is 3.70. The monoisotopic (exact) mass is 65.0 g/mol. The van der Waals surface area contributed by atoms with Crippen LogP contribution in [0, 0.1) is 0 Å². The van der Waals surface area contributed by atoms with Gasteiger partial charge in [0.1, 0.15) is 12.1 Å². The topological polar surface area (TPSA) is 0 Å². The third kappa shape index (κ3) is 0.323. The predicted octanol–water partition coefficient (Wildman–Crippen LogP) is 1.49. The first-order chi connectivity index (χ1) is 2.43. The Kier molecular flexibility index (Phi) is 0.334. The lowest BCUT2D eigenvalue weighted by Gasteiger charge is -1.37. The van der Waals surface area contributed by atoms with Crippen molar-refractivity contribution in [2.24, 2.45) is 0 Å². The standard InChI is InChI=1S/C5H5/c1-2-5-3-4-5/h2-4H,1H2/q+1. The van der Waals surface area contributed by atoms with Crippen molar-refractivity contribution < 1.29 is 0 Å². The fourth-order valence-corrected chi connectivity index (χ4v) is 0.184. The van der Waals surface area contributed by atoms with Crippen molar-refractivity contribution in [3.63, 3.8) is 0 Å². The van der Waals surface area contributed by atoms with Crippen molar-refractivity contribution in [3.05, 3.63) is 24.3 Å². The van der Waals surface area contributed by atoms with Gasteiger partial charge in [0.15, 0.2) is 5.56 Å². The first-order valence-electron chi connectivity index (χ1n) is 1.61. The second-order valence-electron chi connectivity index (χ2n) is 1.04. The van der Waals surface area contributed by atoms with Gasteiger partial charge in [-0.05, 0) is 6.58 Å². The maximum absolute atomic E-state index is 3.52. The molecular weight excluding hydrogens is 60.1 g/mol. The van der Waals surface area contributed by atoms with E-state index in [4.69, 9.17) is 0 Å². The molecule has 0 saturated carbocycles. The zero-order valence-corrected chi connectivity index (χ0v) is 2.94. The molecule has 1 aromatic carbocycles. The highest BCUT2D eigenvalue weighted by atomic mass is 13.9. The molecule has 0 radical (unpaired) electrons. The quantitative estimate of drug-likeness (QED) is 0.435. The van der Waals surface area contributed by atoms with Crippen LogP contribution in [0.2, 0.25) is 0 Å². The lowest BCUT2D eigenvalue weighted by Crippen LogP contribution is -1.28. The molecule has 0 N–H and O–H groups in total. The second kappa shape index (κ2) is 0.646. The maximum Gasteiger partial charge on any atom is 0.172 e. The van der Waals surface area contributed by atoms with Crippen LogP contribution < -0.4 is 0 Å². The van der Waals surface area contributed by atoms with Gasteiger partial charge in [0.2, 0.25) is 0 Å². The van der Waals surface area contributed by atoms with Gasteiger partial charge < -0.3 is 0 Å². The second-order valence-corrected chi connectivity index (χ2v) is 1.04. The first-order valence-corrected chi connectivity index (χ1v) is 1.61. The van der Waals surface area contributed by atoms with E-state index in [1.54, 1.807) is 0 Å². The summed E-state index contributed by atoms with van der Waals surface area (Å²) in [5.41, 5.74) is 1.27. The molecule has 0 spiro atoms. The molecule has 0 amide bonds. The summed E-state index contributed by atoms with van der Waals surface area (Å²) in [6, 6.07) is 4.04. The molecule has 5 heavy (non-hydrogen) atoms. The molecule has 0 aromatic heterocycles. The summed E-state index contributed by atoms with van der Waals surface area (Å²) in [6.45, 7) is 3.52.